The van der Waals surface area contributed by atoms with Crippen molar-refractivity contribution in [3.05, 3.63) is 57.0 Å². The van der Waals surface area contributed by atoms with Gasteiger partial charge in [0.25, 0.3) is 0 Å². The summed E-state index contributed by atoms with van der Waals surface area (Å²) in [4.78, 5) is 25.2. The third kappa shape index (κ3) is 3.41. The average Bonchev–Trinajstić information content (AvgIpc) is 3.15. The Morgan fingerprint density at radius 2 is 2.05 bits per heavy atom. The fraction of sp³-hybridized carbons (Fsp3) is 0. The molecule has 4 nitrogen and oxygen atoms in total. The number of carbonyl (C=O) groups excluding carboxylic acids is 1. The second-order valence-electron chi connectivity index (χ2n) is 3.95. The van der Waals surface area contributed by atoms with Gasteiger partial charge in [-0.1, -0.05) is 11.6 Å². The van der Waals surface area contributed by atoms with E-state index in [1.807, 2.05) is 5.38 Å². The van der Waals surface area contributed by atoms with Gasteiger partial charge in [-0.3, -0.25) is 4.79 Å². The molecule has 3 aromatic rings. The van der Waals surface area contributed by atoms with Gasteiger partial charge < -0.3 is 0 Å². The Morgan fingerprint density at radius 3 is 2.76 bits per heavy atom. The van der Waals surface area contributed by atoms with E-state index in [2.05, 4.69) is 15.0 Å². The summed E-state index contributed by atoms with van der Waals surface area (Å²) in [6, 6.07) is 5.17. The number of ketones is 1. The number of halogens is 1. The fourth-order valence-electron chi connectivity index (χ4n) is 1.56. The van der Waals surface area contributed by atoms with E-state index in [-0.39, 0.29) is 5.78 Å². The molecule has 0 unspecified atom stereocenters. The Hall–Kier alpha value is -1.89. The molecule has 0 aromatic carbocycles. The van der Waals surface area contributed by atoms with Gasteiger partial charge in [0, 0.05) is 17.8 Å². The first-order chi connectivity index (χ1) is 10.2. The summed E-state index contributed by atoms with van der Waals surface area (Å²) in [5, 5.41) is 2.58. The normalized spacial score (nSPS) is 11.1. The van der Waals surface area contributed by atoms with E-state index in [0.717, 1.165) is 5.01 Å². The van der Waals surface area contributed by atoms with Crippen LogP contribution in [0.4, 0.5) is 0 Å². The maximum Gasteiger partial charge on any atom is 0.195 e. The quantitative estimate of drug-likeness (QED) is 0.530. The first-order valence-electron chi connectivity index (χ1n) is 5.93. The summed E-state index contributed by atoms with van der Waals surface area (Å²) < 4.78 is 0.601. The Bertz CT molecular complexity index is 795. The number of thiazole rings is 1. The monoisotopic (exact) mass is 333 g/mol. The van der Waals surface area contributed by atoms with Crippen molar-refractivity contribution >= 4 is 46.1 Å². The third-order valence-electron chi connectivity index (χ3n) is 2.50. The van der Waals surface area contributed by atoms with Crippen LogP contribution in [0.5, 0.6) is 0 Å². The maximum atomic E-state index is 11.9. The zero-order valence-corrected chi connectivity index (χ0v) is 13.0. The molecule has 0 amide bonds. The smallest absolute Gasteiger partial charge is 0.195 e. The van der Waals surface area contributed by atoms with E-state index in [1.54, 1.807) is 36.7 Å². The third-order valence-corrected chi connectivity index (χ3v) is 4.60. The van der Waals surface area contributed by atoms with Crippen molar-refractivity contribution in [2.24, 2.45) is 0 Å². The highest BCUT2D eigenvalue weighted by Gasteiger charge is 2.07. The number of nitrogens with zero attached hydrogens (tertiary/aromatic N) is 3. The molecule has 0 spiro atoms. The highest BCUT2D eigenvalue weighted by atomic mass is 35.5. The van der Waals surface area contributed by atoms with Crippen LogP contribution in [-0.4, -0.2) is 20.7 Å². The summed E-state index contributed by atoms with van der Waals surface area (Å²) >= 11 is 8.51. The maximum absolute atomic E-state index is 11.9. The van der Waals surface area contributed by atoms with Crippen LogP contribution in [0, 0.1) is 0 Å². The number of hydrogen-bond acceptors (Lipinski definition) is 6. The van der Waals surface area contributed by atoms with Crippen LogP contribution in [-0.2, 0) is 0 Å². The number of hydrogen-bond donors (Lipinski definition) is 0. The molecule has 0 saturated heterocycles. The number of thiophene rings is 1. The van der Waals surface area contributed by atoms with E-state index in [9.17, 15) is 4.79 Å². The first kappa shape index (κ1) is 14.1. The highest BCUT2D eigenvalue weighted by Crippen LogP contribution is 2.23. The molecule has 0 aliphatic carbocycles. The molecule has 0 aliphatic heterocycles. The van der Waals surface area contributed by atoms with Gasteiger partial charge in [0.15, 0.2) is 16.6 Å². The van der Waals surface area contributed by atoms with E-state index >= 15 is 0 Å². The van der Waals surface area contributed by atoms with Crippen molar-refractivity contribution in [1.82, 2.24) is 15.0 Å². The average molecular weight is 334 g/mol. The van der Waals surface area contributed by atoms with E-state index in [4.69, 9.17) is 11.6 Å². The molecular formula is C14H8ClN3OS2. The summed E-state index contributed by atoms with van der Waals surface area (Å²) in [7, 11) is 0. The Labute approximate surface area is 133 Å². The zero-order chi connectivity index (χ0) is 14.7. The van der Waals surface area contributed by atoms with E-state index < -0.39 is 0 Å². The van der Waals surface area contributed by atoms with Crippen LogP contribution >= 0.6 is 34.3 Å². The van der Waals surface area contributed by atoms with Gasteiger partial charge in [-0.2, -0.15) is 0 Å². The van der Waals surface area contributed by atoms with Crippen molar-refractivity contribution < 1.29 is 4.79 Å². The molecule has 0 radical (unpaired) electrons. The van der Waals surface area contributed by atoms with Gasteiger partial charge >= 0.3 is 0 Å². The van der Waals surface area contributed by atoms with Gasteiger partial charge in [0.2, 0.25) is 0 Å². The fourth-order valence-corrected chi connectivity index (χ4v) is 3.26. The molecule has 0 bridgehead atoms. The second kappa shape index (κ2) is 6.26. The highest BCUT2D eigenvalue weighted by molar-refractivity contribution is 7.18. The predicted molar refractivity (Wildman–Crippen MR) is 85.8 cm³/mol. The van der Waals surface area contributed by atoms with Gasteiger partial charge in [0.1, 0.15) is 0 Å². The Kier molecular flexibility index (Phi) is 4.19. The topological polar surface area (TPSA) is 55.7 Å². The minimum Gasteiger partial charge on any atom is -0.288 e. The second-order valence-corrected chi connectivity index (χ2v) is 6.52. The summed E-state index contributed by atoms with van der Waals surface area (Å²) in [5.41, 5.74) is 0.707. The molecule has 21 heavy (non-hydrogen) atoms. The summed E-state index contributed by atoms with van der Waals surface area (Å²) in [6.45, 7) is 0. The SMILES string of the molecule is O=C(C=Cc1csc(-c2ncccn2)n1)c1ccc(Cl)s1. The lowest BCUT2D eigenvalue weighted by atomic mass is 10.3. The molecule has 3 rings (SSSR count). The van der Waals surface area contributed by atoms with Crippen LogP contribution in [0.25, 0.3) is 16.9 Å². The van der Waals surface area contributed by atoms with Gasteiger partial charge in [-0.25, -0.2) is 15.0 Å². The van der Waals surface area contributed by atoms with Gasteiger partial charge in [0.05, 0.1) is 14.9 Å². The van der Waals surface area contributed by atoms with Crippen LogP contribution < -0.4 is 0 Å². The number of allylic oxidation sites excluding steroid dienone is 1. The molecule has 3 aromatic heterocycles. The number of rotatable bonds is 4. The minimum absolute atomic E-state index is 0.0857. The lowest BCUT2D eigenvalue weighted by molar-refractivity contribution is 0.105. The van der Waals surface area contributed by atoms with Crippen molar-refractivity contribution in [1.29, 1.82) is 0 Å². The molecule has 0 saturated carbocycles. The predicted octanol–water partition coefficient (Wildman–Crippen LogP) is 4.21. The molecule has 0 N–H and O–H groups in total. The summed E-state index contributed by atoms with van der Waals surface area (Å²) in [6.07, 6.45) is 6.51. The van der Waals surface area contributed by atoms with Crippen molar-refractivity contribution in [2.45, 2.75) is 0 Å². The molecule has 0 fully saturated rings. The van der Waals surface area contributed by atoms with Crippen molar-refractivity contribution in [3.63, 3.8) is 0 Å². The molecular weight excluding hydrogens is 326 g/mol. The number of carbonyl (C=O) groups is 1. The molecule has 0 aliphatic rings. The first-order valence-corrected chi connectivity index (χ1v) is 8.00. The standard InChI is InChI=1S/C14H8ClN3OS2/c15-12-5-4-11(21-12)10(19)3-2-9-8-20-14(18-9)13-16-6-1-7-17-13/h1-8H. The van der Waals surface area contributed by atoms with Crippen LogP contribution in [0.1, 0.15) is 15.4 Å². The van der Waals surface area contributed by atoms with Crippen LogP contribution in [0.2, 0.25) is 4.34 Å². The Morgan fingerprint density at radius 1 is 1.24 bits per heavy atom. The lowest BCUT2D eigenvalue weighted by Gasteiger charge is -1.91. The van der Waals surface area contributed by atoms with E-state index in [0.29, 0.717) is 20.7 Å². The van der Waals surface area contributed by atoms with Crippen LogP contribution in [0.15, 0.2) is 42.0 Å². The van der Waals surface area contributed by atoms with E-state index in [1.165, 1.54) is 28.7 Å². The molecule has 104 valence electrons. The van der Waals surface area contributed by atoms with Crippen LogP contribution in [0.3, 0.4) is 0 Å². The minimum atomic E-state index is -0.0857. The lowest BCUT2D eigenvalue weighted by Crippen LogP contribution is -1.89. The number of aromatic nitrogens is 3. The van der Waals surface area contributed by atoms with Gasteiger partial charge in [-0.05, 0) is 30.4 Å². The Balaban J connectivity index is 1.75. The molecule has 0 atom stereocenters. The van der Waals surface area contributed by atoms with Gasteiger partial charge in [-0.15, -0.1) is 22.7 Å². The zero-order valence-electron chi connectivity index (χ0n) is 10.6. The molecule has 7 heteroatoms. The van der Waals surface area contributed by atoms with Crippen molar-refractivity contribution in [3.8, 4) is 10.8 Å². The summed E-state index contributed by atoms with van der Waals surface area (Å²) in [5.74, 6) is 0.496. The largest absolute Gasteiger partial charge is 0.288 e. The molecule has 3 heterocycles. The van der Waals surface area contributed by atoms with Crippen molar-refractivity contribution in [2.75, 3.05) is 0 Å².